The third kappa shape index (κ3) is 68.2. The Balaban J connectivity index is 4.15. The molecule has 0 N–H and O–H groups in total. The molecule has 0 aliphatic heterocycles. The van der Waals surface area contributed by atoms with Gasteiger partial charge in [0.1, 0.15) is 13.2 Å². The van der Waals surface area contributed by atoms with Gasteiger partial charge in [0, 0.05) is 19.3 Å². The van der Waals surface area contributed by atoms with Gasteiger partial charge < -0.3 is 14.2 Å². The summed E-state index contributed by atoms with van der Waals surface area (Å²) < 4.78 is 17.0. The fourth-order valence-corrected chi connectivity index (χ4v) is 11.1. The fourth-order valence-electron chi connectivity index (χ4n) is 11.1. The lowest BCUT2D eigenvalue weighted by molar-refractivity contribution is -0.167. The van der Waals surface area contributed by atoms with Crippen LogP contribution < -0.4 is 0 Å². The van der Waals surface area contributed by atoms with Gasteiger partial charge in [0.15, 0.2) is 6.10 Å². The highest BCUT2D eigenvalue weighted by Crippen LogP contribution is 2.19. The number of rotatable bonds is 68. The van der Waals surface area contributed by atoms with Gasteiger partial charge in [-0.1, -0.05) is 371 Å². The fraction of sp³-hybridized carbons (Fsp3) is 0.855. The molecule has 0 saturated heterocycles. The summed E-state index contributed by atoms with van der Waals surface area (Å²) in [5.74, 6) is -0.842. The van der Waals surface area contributed by atoms with Gasteiger partial charge in [-0.25, -0.2) is 0 Å². The van der Waals surface area contributed by atoms with E-state index in [0.29, 0.717) is 19.3 Å². The summed E-state index contributed by atoms with van der Waals surface area (Å²) in [5.41, 5.74) is 0. The number of unbranched alkanes of at least 4 members (excludes halogenated alkanes) is 49. The van der Waals surface area contributed by atoms with E-state index in [1.807, 2.05) is 0 Å². The summed E-state index contributed by atoms with van der Waals surface area (Å²) >= 11 is 0. The monoisotopic (exact) mass is 1150 g/mol. The van der Waals surface area contributed by atoms with E-state index in [4.69, 9.17) is 14.2 Å². The molecular formula is C76H140O6. The van der Waals surface area contributed by atoms with Crippen LogP contribution in [0.5, 0.6) is 0 Å². The molecule has 6 heteroatoms. The van der Waals surface area contributed by atoms with E-state index in [0.717, 1.165) is 83.5 Å². The van der Waals surface area contributed by atoms with Gasteiger partial charge in [-0.2, -0.15) is 0 Å². The molecule has 0 spiro atoms. The summed E-state index contributed by atoms with van der Waals surface area (Å²) in [6, 6.07) is 0. The van der Waals surface area contributed by atoms with E-state index < -0.39 is 6.10 Å². The van der Waals surface area contributed by atoms with Crippen LogP contribution in [0.15, 0.2) is 48.6 Å². The van der Waals surface area contributed by atoms with Crippen LogP contribution in [0.1, 0.15) is 400 Å². The summed E-state index contributed by atoms with van der Waals surface area (Å²) in [6.07, 6.45) is 90.2. The van der Waals surface area contributed by atoms with E-state index in [2.05, 4.69) is 69.4 Å². The third-order valence-electron chi connectivity index (χ3n) is 16.6. The van der Waals surface area contributed by atoms with Crippen LogP contribution in [-0.4, -0.2) is 37.2 Å². The molecular weight excluding hydrogens is 1010 g/mol. The number of hydrogen-bond donors (Lipinski definition) is 0. The summed E-state index contributed by atoms with van der Waals surface area (Å²) in [6.45, 7) is 6.59. The van der Waals surface area contributed by atoms with Gasteiger partial charge in [0.05, 0.1) is 0 Å². The van der Waals surface area contributed by atoms with Crippen LogP contribution in [0, 0.1) is 0 Å². The van der Waals surface area contributed by atoms with Crippen LogP contribution in [-0.2, 0) is 28.6 Å². The van der Waals surface area contributed by atoms with E-state index in [9.17, 15) is 14.4 Å². The molecule has 0 saturated carbocycles. The second kappa shape index (κ2) is 70.9. The Kier molecular flexibility index (Phi) is 68.6. The predicted molar refractivity (Wildman–Crippen MR) is 358 cm³/mol. The van der Waals surface area contributed by atoms with Crippen molar-refractivity contribution in [3.63, 3.8) is 0 Å². The Hall–Kier alpha value is -2.63. The molecule has 0 aromatic carbocycles. The zero-order valence-corrected chi connectivity index (χ0v) is 55.3. The maximum Gasteiger partial charge on any atom is 0.306 e. The first kappa shape index (κ1) is 79.4. The molecule has 480 valence electrons. The highest BCUT2D eigenvalue weighted by atomic mass is 16.6. The number of esters is 3. The molecule has 1 atom stereocenters. The number of hydrogen-bond acceptors (Lipinski definition) is 6. The lowest BCUT2D eigenvalue weighted by Gasteiger charge is -2.18. The molecule has 0 bridgehead atoms. The topological polar surface area (TPSA) is 78.9 Å². The van der Waals surface area contributed by atoms with Crippen molar-refractivity contribution in [3.05, 3.63) is 48.6 Å². The first-order chi connectivity index (χ1) is 40.5. The van der Waals surface area contributed by atoms with Gasteiger partial charge in [-0.15, -0.1) is 0 Å². The molecule has 0 aliphatic carbocycles. The third-order valence-corrected chi connectivity index (χ3v) is 16.6. The Morgan fingerprint density at radius 2 is 0.476 bits per heavy atom. The molecule has 1 unspecified atom stereocenters. The highest BCUT2D eigenvalue weighted by molar-refractivity contribution is 5.71. The lowest BCUT2D eigenvalue weighted by Crippen LogP contribution is -2.30. The molecule has 0 fully saturated rings. The van der Waals surface area contributed by atoms with Crippen molar-refractivity contribution in [2.45, 2.75) is 406 Å². The molecule has 0 rings (SSSR count). The van der Waals surface area contributed by atoms with Crippen molar-refractivity contribution in [1.82, 2.24) is 0 Å². The van der Waals surface area contributed by atoms with Crippen LogP contribution in [0.3, 0.4) is 0 Å². The number of carbonyl (C=O) groups excluding carboxylic acids is 3. The molecule has 0 aromatic heterocycles. The van der Waals surface area contributed by atoms with E-state index >= 15 is 0 Å². The van der Waals surface area contributed by atoms with Crippen molar-refractivity contribution < 1.29 is 28.6 Å². The second-order valence-electron chi connectivity index (χ2n) is 24.8. The van der Waals surface area contributed by atoms with Gasteiger partial charge in [0.2, 0.25) is 0 Å². The maximum atomic E-state index is 13.0. The molecule has 0 aliphatic rings. The van der Waals surface area contributed by atoms with Gasteiger partial charge >= 0.3 is 17.9 Å². The van der Waals surface area contributed by atoms with Crippen molar-refractivity contribution in [1.29, 1.82) is 0 Å². The van der Waals surface area contributed by atoms with E-state index in [1.54, 1.807) is 0 Å². The van der Waals surface area contributed by atoms with Crippen LogP contribution in [0.2, 0.25) is 0 Å². The Bertz CT molecular complexity index is 1410. The largest absolute Gasteiger partial charge is 0.462 e. The van der Waals surface area contributed by atoms with E-state index in [-0.39, 0.29) is 31.1 Å². The summed E-state index contributed by atoms with van der Waals surface area (Å²) in [7, 11) is 0. The summed E-state index contributed by atoms with van der Waals surface area (Å²) in [4.78, 5) is 38.4. The average molecular weight is 1150 g/mol. The normalized spacial score (nSPS) is 12.3. The van der Waals surface area contributed by atoms with Gasteiger partial charge in [-0.3, -0.25) is 14.4 Å². The second-order valence-corrected chi connectivity index (χ2v) is 24.8. The van der Waals surface area contributed by atoms with Crippen molar-refractivity contribution in [2.75, 3.05) is 13.2 Å². The average Bonchev–Trinajstić information content (AvgIpc) is 3.48. The molecule has 0 amide bonds. The molecule has 0 radical (unpaired) electrons. The molecule has 0 heterocycles. The van der Waals surface area contributed by atoms with Crippen LogP contribution in [0.25, 0.3) is 0 Å². The first-order valence-corrected chi connectivity index (χ1v) is 36.6. The highest BCUT2D eigenvalue weighted by Gasteiger charge is 2.19. The molecule has 0 aromatic rings. The van der Waals surface area contributed by atoms with Crippen LogP contribution in [0.4, 0.5) is 0 Å². The Labute approximate surface area is 511 Å². The number of allylic oxidation sites excluding steroid dienone is 8. The Morgan fingerprint density at radius 3 is 0.744 bits per heavy atom. The molecule has 6 nitrogen and oxygen atoms in total. The zero-order chi connectivity index (χ0) is 59.2. The smallest absolute Gasteiger partial charge is 0.306 e. The SMILES string of the molecule is CC/C=C\C/C=C\C/C=C\C/C=C\CCCCCCCCCCCCCCC(=O)OC(COC(=O)CCCCCCCCCCCCC)COC(=O)CCCCCCCCCCCCCCCCCCCCCCCCCCCCCC. The number of ether oxygens (including phenoxy) is 3. The summed E-state index contributed by atoms with van der Waals surface area (Å²) in [5, 5.41) is 0. The predicted octanol–water partition coefficient (Wildman–Crippen LogP) is 25.3. The number of carbonyl (C=O) groups is 3. The molecule has 82 heavy (non-hydrogen) atoms. The first-order valence-electron chi connectivity index (χ1n) is 36.6. The van der Waals surface area contributed by atoms with Crippen LogP contribution >= 0.6 is 0 Å². The lowest BCUT2D eigenvalue weighted by atomic mass is 10.0. The zero-order valence-electron chi connectivity index (χ0n) is 55.3. The van der Waals surface area contributed by atoms with Crippen molar-refractivity contribution in [2.24, 2.45) is 0 Å². The minimum atomic E-state index is -0.771. The minimum Gasteiger partial charge on any atom is -0.462 e. The van der Waals surface area contributed by atoms with E-state index in [1.165, 1.54) is 276 Å². The van der Waals surface area contributed by atoms with Gasteiger partial charge in [-0.05, 0) is 57.8 Å². The van der Waals surface area contributed by atoms with Crippen molar-refractivity contribution >= 4 is 17.9 Å². The minimum absolute atomic E-state index is 0.0676. The maximum absolute atomic E-state index is 13.0. The van der Waals surface area contributed by atoms with Gasteiger partial charge in [0.25, 0.3) is 0 Å². The Morgan fingerprint density at radius 1 is 0.256 bits per heavy atom. The quantitative estimate of drug-likeness (QED) is 0.0261. The standard InChI is InChI=1S/C76H140O6/c1-4-7-10-13-16-19-22-24-26-28-30-32-34-36-37-38-40-41-43-45-47-49-51-54-57-60-63-66-69-75(78)81-72-73(71-80-74(77)68-65-62-59-56-53-21-18-15-12-9-6-3)82-76(79)70-67-64-61-58-55-52-50-48-46-44-42-39-35-33-31-29-27-25-23-20-17-14-11-8-5-2/h8,11,17,20,25,27,31,33,73H,4-7,9-10,12-16,18-19,21-24,26,28-30,32,34-72H2,1-3H3/b11-8-,20-17-,27-25-,33-31-. The van der Waals surface area contributed by atoms with Crippen molar-refractivity contribution in [3.8, 4) is 0 Å².